The van der Waals surface area contributed by atoms with Crippen LogP contribution in [0, 0.1) is 19.8 Å². The minimum absolute atomic E-state index is 0.109. The molecule has 0 spiro atoms. The first kappa shape index (κ1) is 12.9. The van der Waals surface area contributed by atoms with Gasteiger partial charge in [-0.25, -0.2) is 0 Å². The highest BCUT2D eigenvalue weighted by Crippen LogP contribution is 2.47. The quantitative estimate of drug-likeness (QED) is 0.929. The number of benzene rings is 1. The largest absolute Gasteiger partial charge is 0.361 e. The van der Waals surface area contributed by atoms with E-state index >= 15 is 0 Å². The van der Waals surface area contributed by atoms with Crippen molar-refractivity contribution in [2.24, 2.45) is 5.92 Å². The maximum absolute atomic E-state index is 12.1. The summed E-state index contributed by atoms with van der Waals surface area (Å²) in [6.07, 6.45) is 0.942. The summed E-state index contributed by atoms with van der Waals surface area (Å²) in [6, 6.07) is 10.2. The van der Waals surface area contributed by atoms with Crippen LogP contribution in [-0.2, 0) is 11.3 Å². The topological polar surface area (TPSA) is 55.1 Å². The number of aromatic nitrogens is 1. The molecule has 1 heterocycles. The van der Waals surface area contributed by atoms with E-state index in [-0.39, 0.29) is 11.8 Å². The molecule has 1 aliphatic carbocycles. The third kappa shape index (κ3) is 2.46. The Balaban J connectivity index is 1.57. The van der Waals surface area contributed by atoms with Crippen LogP contribution in [0.25, 0.3) is 0 Å². The fraction of sp³-hybridized carbons (Fsp3) is 0.375. The van der Waals surface area contributed by atoms with Gasteiger partial charge in [-0.2, -0.15) is 0 Å². The molecule has 0 saturated heterocycles. The molecule has 0 aliphatic heterocycles. The van der Waals surface area contributed by atoms with E-state index in [2.05, 4.69) is 22.6 Å². The first-order valence-corrected chi connectivity index (χ1v) is 6.91. The summed E-state index contributed by atoms with van der Waals surface area (Å²) in [4.78, 5) is 12.1. The lowest BCUT2D eigenvalue weighted by Crippen LogP contribution is -2.25. The van der Waals surface area contributed by atoms with Crippen molar-refractivity contribution < 1.29 is 9.32 Å². The molecule has 2 atom stereocenters. The Morgan fingerprint density at radius 3 is 2.75 bits per heavy atom. The smallest absolute Gasteiger partial charge is 0.224 e. The molecular formula is C16H18N2O2. The van der Waals surface area contributed by atoms with Crippen LogP contribution in [0.5, 0.6) is 0 Å². The number of hydrogen-bond acceptors (Lipinski definition) is 3. The lowest BCUT2D eigenvalue weighted by Gasteiger charge is -2.04. The summed E-state index contributed by atoms with van der Waals surface area (Å²) >= 11 is 0. The second-order valence-corrected chi connectivity index (χ2v) is 5.38. The van der Waals surface area contributed by atoms with Gasteiger partial charge < -0.3 is 9.84 Å². The Labute approximate surface area is 118 Å². The number of carbonyl (C=O) groups excluding carboxylic acids is 1. The van der Waals surface area contributed by atoms with Crippen LogP contribution in [0.1, 0.15) is 34.9 Å². The van der Waals surface area contributed by atoms with Gasteiger partial charge in [0.1, 0.15) is 5.76 Å². The zero-order valence-corrected chi connectivity index (χ0v) is 11.7. The van der Waals surface area contributed by atoms with Crippen LogP contribution in [0.2, 0.25) is 0 Å². The highest BCUT2D eigenvalue weighted by Gasteiger charge is 2.43. The number of nitrogens with one attached hydrogen (secondary N) is 1. The van der Waals surface area contributed by atoms with Gasteiger partial charge >= 0.3 is 0 Å². The van der Waals surface area contributed by atoms with Gasteiger partial charge in [0, 0.05) is 18.0 Å². The maximum Gasteiger partial charge on any atom is 0.224 e. The van der Waals surface area contributed by atoms with E-state index in [1.54, 1.807) is 0 Å². The summed E-state index contributed by atoms with van der Waals surface area (Å²) in [5.74, 6) is 1.39. The molecule has 104 valence electrons. The first-order valence-electron chi connectivity index (χ1n) is 6.91. The number of rotatable bonds is 4. The predicted molar refractivity (Wildman–Crippen MR) is 75.1 cm³/mol. The fourth-order valence-electron chi connectivity index (χ4n) is 2.61. The van der Waals surface area contributed by atoms with Gasteiger partial charge in [0.05, 0.1) is 5.69 Å². The van der Waals surface area contributed by atoms with Gasteiger partial charge in [-0.15, -0.1) is 0 Å². The average molecular weight is 270 g/mol. The normalized spacial score (nSPS) is 20.7. The molecule has 1 amide bonds. The van der Waals surface area contributed by atoms with Crippen LogP contribution in [0.4, 0.5) is 0 Å². The van der Waals surface area contributed by atoms with Crippen LogP contribution < -0.4 is 5.32 Å². The Bertz CT molecular complexity index is 599. The van der Waals surface area contributed by atoms with Crippen molar-refractivity contribution in [3.05, 3.63) is 52.9 Å². The van der Waals surface area contributed by atoms with E-state index in [9.17, 15) is 4.79 Å². The third-order valence-corrected chi connectivity index (χ3v) is 3.98. The molecule has 3 rings (SSSR count). The van der Waals surface area contributed by atoms with Crippen molar-refractivity contribution in [2.75, 3.05) is 0 Å². The zero-order valence-electron chi connectivity index (χ0n) is 11.7. The van der Waals surface area contributed by atoms with E-state index in [0.29, 0.717) is 12.5 Å². The summed E-state index contributed by atoms with van der Waals surface area (Å²) in [7, 11) is 0. The highest BCUT2D eigenvalue weighted by molar-refractivity contribution is 5.82. The third-order valence-electron chi connectivity index (χ3n) is 3.98. The molecule has 0 radical (unpaired) electrons. The van der Waals surface area contributed by atoms with Crippen LogP contribution in [-0.4, -0.2) is 11.1 Å². The predicted octanol–water partition coefficient (Wildman–Crippen LogP) is 2.71. The highest BCUT2D eigenvalue weighted by atomic mass is 16.5. The van der Waals surface area contributed by atoms with Crippen LogP contribution in [0.15, 0.2) is 34.9 Å². The molecule has 1 aliphatic rings. The summed E-state index contributed by atoms with van der Waals surface area (Å²) < 4.78 is 5.09. The SMILES string of the molecule is Cc1noc(C)c1CNC(=O)[C@@H]1C[C@H]1c1ccccc1. The number of hydrogen-bond donors (Lipinski definition) is 1. The van der Waals surface area contributed by atoms with Gasteiger partial charge in [-0.3, -0.25) is 4.79 Å². The van der Waals surface area contributed by atoms with Crippen molar-refractivity contribution in [3.63, 3.8) is 0 Å². The maximum atomic E-state index is 12.1. The zero-order chi connectivity index (χ0) is 14.1. The molecule has 2 aromatic rings. The Morgan fingerprint density at radius 1 is 1.35 bits per heavy atom. The minimum atomic E-state index is 0.109. The Hall–Kier alpha value is -2.10. The van der Waals surface area contributed by atoms with Crippen molar-refractivity contribution in [3.8, 4) is 0 Å². The minimum Gasteiger partial charge on any atom is -0.361 e. The molecule has 4 heteroatoms. The van der Waals surface area contributed by atoms with E-state index in [0.717, 1.165) is 23.4 Å². The van der Waals surface area contributed by atoms with Gasteiger partial charge in [0.15, 0.2) is 0 Å². The van der Waals surface area contributed by atoms with Crippen molar-refractivity contribution >= 4 is 5.91 Å². The molecule has 20 heavy (non-hydrogen) atoms. The lowest BCUT2D eigenvalue weighted by atomic mass is 10.1. The number of nitrogens with zero attached hydrogens (tertiary/aromatic N) is 1. The molecule has 0 bridgehead atoms. The Kier molecular flexibility index (Phi) is 3.30. The fourth-order valence-corrected chi connectivity index (χ4v) is 2.61. The molecule has 4 nitrogen and oxygen atoms in total. The second kappa shape index (κ2) is 5.12. The lowest BCUT2D eigenvalue weighted by molar-refractivity contribution is -0.122. The summed E-state index contributed by atoms with van der Waals surface area (Å²) in [5.41, 5.74) is 3.08. The monoisotopic (exact) mass is 270 g/mol. The van der Waals surface area contributed by atoms with E-state index < -0.39 is 0 Å². The van der Waals surface area contributed by atoms with E-state index in [4.69, 9.17) is 4.52 Å². The van der Waals surface area contributed by atoms with Crippen molar-refractivity contribution in [1.29, 1.82) is 0 Å². The van der Waals surface area contributed by atoms with Gasteiger partial charge in [-0.1, -0.05) is 35.5 Å². The summed E-state index contributed by atoms with van der Waals surface area (Å²) in [6.45, 7) is 4.26. The first-order chi connectivity index (χ1) is 9.66. The van der Waals surface area contributed by atoms with Crippen molar-refractivity contribution in [1.82, 2.24) is 10.5 Å². The van der Waals surface area contributed by atoms with Crippen LogP contribution in [0.3, 0.4) is 0 Å². The molecule has 1 N–H and O–H groups in total. The molecule has 1 saturated carbocycles. The number of amides is 1. The summed E-state index contributed by atoms with van der Waals surface area (Å²) in [5, 5.41) is 6.88. The average Bonchev–Trinajstić information content (AvgIpc) is 3.20. The molecule has 1 aromatic carbocycles. The molecule has 1 fully saturated rings. The molecule has 1 aromatic heterocycles. The van der Waals surface area contributed by atoms with Crippen LogP contribution >= 0.6 is 0 Å². The van der Waals surface area contributed by atoms with Gasteiger partial charge in [-0.05, 0) is 31.7 Å². The number of aryl methyl sites for hydroxylation is 2. The van der Waals surface area contributed by atoms with Gasteiger partial charge in [0.25, 0.3) is 0 Å². The molecular weight excluding hydrogens is 252 g/mol. The van der Waals surface area contributed by atoms with Crippen molar-refractivity contribution in [2.45, 2.75) is 32.7 Å². The van der Waals surface area contributed by atoms with E-state index in [1.165, 1.54) is 5.56 Å². The van der Waals surface area contributed by atoms with E-state index in [1.807, 2.05) is 32.0 Å². The second-order valence-electron chi connectivity index (χ2n) is 5.38. The Morgan fingerprint density at radius 2 is 2.10 bits per heavy atom. The standard InChI is InChI=1S/C16H18N2O2/c1-10-15(11(2)20-18-10)9-17-16(19)14-8-13(14)12-6-4-3-5-7-12/h3-7,13-14H,8-9H2,1-2H3,(H,17,19)/t13-,14+/m0/s1. The van der Waals surface area contributed by atoms with Gasteiger partial charge in [0.2, 0.25) is 5.91 Å². The number of carbonyl (C=O) groups is 1. The molecule has 0 unspecified atom stereocenters.